The highest BCUT2D eigenvalue weighted by Crippen LogP contribution is 2.23. The highest BCUT2D eigenvalue weighted by molar-refractivity contribution is 5.73. The summed E-state index contributed by atoms with van der Waals surface area (Å²) in [4.78, 5) is 36.8. The van der Waals surface area contributed by atoms with Crippen molar-refractivity contribution in [3.63, 3.8) is 0 Å². The van der Waals surface area contributed by atoms with Gasteiger partial charge in [-0.2, -0.15) is 0 Å². The fraction of sp³-hybridized carbons (Fsp3) is 0.627. The Bertz CT molecular complexity index is 1390. The van der Waals surface area contributed by atoms with Crippen LogP contribution in [0.4, 0.5) is 0 Å². The van der Waals surface area contributed by atoms with Crippen molar-refractivity contribution in [3.8, 4) is 0 Å². The molecule has 350 valence electrons. The van der Waals surface area contributed by atoms with E-state index in [-0.39, 0.29) is 19.4 Å². The largest absolute Gasteiger partial charge is 0.479 e. The lowest BCUT2D eigenvalue weighted by atomic mass is 9.99. The molecule has 6 unspecified atom stereocenters. The molecule has 1 aliphatic rings. The van der Waals surface area contributed by atoms with Crippen LogP contribution in [0.3, 0.4) is 0 Å². The highest BCUT2D eigenvalue weighted by Gasteiger charge is 2.47. The molecular formula is C51H80O11. The van der Waals surface area contributed by atoms with Crippen molar-refractivity contribution in [2.24, 2.45) is 0 Å². The van der Waals surface area contributed by atoms with Gasteiger partial charge < -0.3 is 39.4 Å². The summed E-state index contributed by atoms with van der Waals surface area (Å²) in [6.07, 6.45) is 44.6. The molecule has 0 spiro atoms. The third-order valence-corrected chi connectivity index (χ3v) is 9.93. The van der Waals surface area contributed by atoms with Crippen LogP contribution in [0.15, 0.2) is 97.2 Å². The SMILES string of the molecule is CC/C=C\C/C=C\C/C=C\C/C=C\C/C=C\C/C=C\CCC(=O)OCC(COC1OC(C(=O)O)C(O)C(O)C1O)OC(=O)CCCCCCCCC/C=C\C/C=C\CCCCC. The van der Waals surface area contributed by atoms with Gasteiger partial charge in [0.15, 0.2) is 18.5 Å². The van der Waals surface area contributed by atoms with E-state index in [1.165, 1.54) is 38.5 Å². The number of esters is 2. The summed E-state index contributed by atoms with van der Waals surface area (Å²) >= 11 is 0. The first-order valence-electron chi connectivity index (χ1n) is 23.3. The third kappa shape index (κ3) is 31.0. The Labute approximate surface area is 373 Å². The molecule has 0 aromatic carbocycles. The van der Waals surface area contributed by atoms with Crippen molar-refractivity contribution in [3.05, 3.63) is 97.2 Å². The summed E-state index contributed by atoms with van der Waals surface area (Å²) in [5.41, 5.74) is 0. The first-order chi connectivity index (χ1) is 30.2. The number of carboxylic acids is 1. The fourth-order valence-electron chi connectivity index (χ4n) is 6.29. The van der Waals surface area contributed by atoms with E-state index in [4.69, 9.17) is 18.9 Å². The van der Waals surface area contributed by atoms with Gasteiger partial charge in [-0.05, 0) is 83.5 Å². The second kappa shape index (κ2) is 39.9. The van der Waals surface area contributed by atoms with Crippen molar-refractivity contribution >= 4 is 17.9 Å². The van der Waals surface area contributed by atoms with E-state index in [1.807, 2.05) is 12.2 Å². The lowest BCUT2D eigenvalue weighted by Crippen LogP contribution is -2.60. The van der Waals surface area contributed by atoms with Crippen LogP contribution < -0.4 is 0 Å². The molecule has 11 nitrogen and oxygen atoms in total. The molecule has 11 heteroatoms. The summed E-state index contributed by atoms with van der Waals surface area (Å²) in [5, 5.41) is 39.8. The molecule has 62 heavy (non-hydrogen) atoms. The number of carboxylic acid groups (broad SMARTS) is 1. The van der Waals surface area contributed by atoms with Gasteiger partial charge >= 0.3 is 17.9 Å². The van der Waals surface area contributed by atoms with Gasteiger partial charge in [0, 0.05) is 12.8 Å². The van der Waals surface area contributed by atoms with Gasteiger partial charge in [0.2, 0.25) is 0 Å². The van der Waals surface area contributed by atoms with Crippen molar-refractivity contribution in [2.75, 3.05) is 13.2 Å². The lowest BCUT2D eigenvalue weighted by Gasteiger charge is -2.38. The van der Waals surface area contributed by atoms with Crippen molar-refractivity contribution in [1.82, 2.24) is 0 Å². The minimum atomic E-state index is -1.88. The zero-order chi connectivity index (χ0) is 45.3. The highest BCUT2D eigenvalue weighted by atomic mass is 16.7. The maximum Gasteiger partial charge on any atom is 0.335 e. The van der Waals surface area contributed by atoms with Crippen LogP contribution in [0.1, 0.15) is 155 Å². The molecule has 1 rings (SSSR count). The molecule has 1 heterocycles. The summed E-state index contributed by atoms with van der Waals surface area (Å²) in [6, 6.07) is 0. The van der Waals surface area contributed by atoms with E-state index in [0.717, 1.165) is 77.0 Å². The number of unbranched alkanes of at least 4 members (excludes halogenated alkanes) is 10. The average Bonchev–Trinajstić information content (AvgIpc) is 3.26. The van der Waals surface area contributed by atoms with Crippen LogP contribution >= 0.6 is 0 Å². The standard InChI is InChI=1S/C51H80O11/c1-3-5-7-9-11-13-15-17-19-21-22-24-25-27-29-31-33-35-37-39-44(52)59-41-43(42-60-51-48(56)46(54)47(55)49(62-51)50(57)58)61-45(53)40-38-36-34-32-30-28-26-23-20-18-16-14-12-10-8-6-4-2/h5,7,11-14,17-20,22,24,27,29,33,35,43,46-49,51,54-56H,3-4,6,8-10,15-16,21,23,25-26,28,30-32,34,36-42H2,1-2H3,(H,57,58)/b7-5-,13-11-,14-12-,19-17-,20-18-,24-22-,29-27-,35-33-. The average molecular weight is 869 g/mol. The Balaban J connectivity index is 2.42. The number of hydrogen-bond acceptors (Lipinski definition) is 10. The molecule has 0 saturated carbocycles. The minimum Gasteiger partial charge on any atom is -0.479 e. The van der Waals surface area contributed by atoms with Gasteiger partial charge in [0.1, 0.15) is 24.9 Å². The van der Waals surface area contributed by atoms with E-state index in [2.05, 4.69) is 98.9 Å². The Hall–Kier alpha value is -3.87. The first kappa shape index (κ1) is 56.1. The Morgan fingerprint density at radius 2 is 0.984 bits per heavy atom. The van der Waals surface area contributed by atoms with E-state index in [1.54, 1.807) is 0 Å². The third-order valence-electron chi connectivity index (χ3n) is 9.93. The maximum absolute atomic E-state index is 12.8. The van der Waals surface area contributed by atoms with E-state index in [9.17, 15) is 34.8 Å². The van der Waals surface area contributed by atoms with Gasteiger partial charge in [-0.1, -0.05) is 156 Å². The van der Waals surface area contributed by atoms with Gasteiger partial charge in [-0.15, -0.1) is 0 Å². The summed E-state index contributed by atoms with van der Waals surface area (Å²) in [7, 11) is 0. The van der Waals surface area contributed by atoms with Crippen molar-refractivity contribution < 1.29 is 53.8 Å². The Kier molecular flexibility index (Phi) is 36.2. The molecule has 1 fully saturated rings. The molecule has 6 atom stereocenters. The summed E-state index contributed by atoms with van der Waals surface area (Å²) in [6.45, 7) is 3.59. The van der Waals surface area contributed by atoms with Crippen molar-refractivity contribution in [2.45, 2.75) is 192 Å². The molecule has 0 bridgehead atoms. The van der Waals surface area contributed by atoms with E-state index in [0.29, 0.717) is 12.8 Å². The minimum absolute atomic E-state index is 0.103. The van der Waals surface area contributed by atoms with Gasteiger partial charge in [0.25, 0.3) is 0 Å². The number of hydrogen-bond donors (Lipinski definition) is 4. The molecule has 0 aromatic heterocycles. The zero-order valence-electron chi connectivity index (χ0n) is 37.8. The fourth-order valence-corrected chi connectivity index (χ4v) is 6.29. The van der Waals surface area contributed by atoms with Crippen LogP contribution in [0.5, 0.6) is 0 Å². The van der Waals surface area contributed by atoms with Gasteiger partial charge in [-0.3, -0.25) is 9.59 Å². The second-order valence-corrected chi connectivity index (χ2v) is 15.5. The topological polar surface area (TPSA) is 169 Å². The van der Waals surface area contributed by atoms with E-state index < -0.39 is 61.3 Å². The number of rotatable bonds is 37. The van der Waals surface area contributed by atoms with Crippen LogP contribution in [0.2, 0.25) is 0 Å². The van der Waals surface area contributed by atoms with Crippen molar-refractivity contribution in [1.29, 1.82) is 0 Å². The molecular weight excluding hydrogens is 789 g/mol. The van der Waals surface area contributed by atoms with Gasteiger partial charge in [0.05, 0.1) is 6.61 Å². The number of carbonyl (C=O) groups excluding carboxylic acids is 2. The monoisotopic (exact) mass is 869 g/mol. The zero-order valence-corrected chi connectivity index (χ0v) is 37.8. The summed E-state index contributed by atoms with van der Waals surface area (Å²) < 4.78 is 21.7. The molecule has 0 radical (unpaired) electrons. The molecule has 1 saturated heterocycles. The molecule has 1 aliphatic heterocycles. The molecule has 4 N–H and O–H groups in total. The molecule has 0 amide bonds. The number of aliphatic carboxylic acids is 1. The smallest absolute Gasteiger partial charge is 0.335 e. The summed E-state index contributed by atoms with van der Waals surface area (Å²) in [5.74, 6) is -2.57. The Morgan fingerprint density at radius 1 is 0.516 bits per heavy atom. The molecule has 0 aliphatic carbocycles. The lowest BCUT2D eigenvalue weighted by molar-refractivity contribution is -0.298. The predicted octanol–water partition coefficient (Wildman–Crippen LogP) is 10.4. The maximum atomic E-state index is 12.8. The Morgan fingerprint density at radius 3 is 1.50 bits per heavy atom. The normalized spacial score (nSPS) is 20.4. The van der Waals surface area contributed by atoms with E-state index >= 15 is 0 Å². The molecule has 0 aromatic rings. The van der Waals surface area contributed by atoms with Crippen LogP contribution in [-0.2, 0) is 33.3 Å². The number of aliphatic hydroxyl groups is 3. The van der Waals surface area contributed by atoms with Crippen LogP contribution in [0.25, 0.3) is 0 Å². The van der Waals surface area contributed by atoms with Crippen LogP contribution in [0, 0.1) is 0 Å². The van der Waals surface area contributed by atoms with Gasteiger partial charge in [-0.25, -0.2) is 4.79 Å². The second-order valence-electron chi connectivity index (χ2n) is 15.5. The predicted molar refractivity (Wildman–Crippen MR) is 247 cm³/mol. The number of carbonyl (C=O) groups is 3. The number of allylic oxidation sites excluding steroid dienone is 16. The number of aliphatic hydroxyl groups excluding tert-OH is 3. The van der Waals surface area contributed by atoms with Crippen LogP contribution in [-0.4, -0.2) is 88.4 Å². The quantitative estimate of drug-likeness (QED) is 0.0266. The first-order valence-corrected chi connectivity index (χ1v) is 23.3. The number of ether oxygens (including phenoxy) is 4.